The van der Waals surface area contributed by atoms with Crippen molar-refractivity contribution in [3.05, 3.63) is 47.5 Å². The summed E-state index contributed by atoms with van der Waals surface area (Å²) in [6, 6.07) is 8.68. The SMILES string of the molecule is C=CC#N.FC1(c2ccc(Cl)cc2)CC1. The summed E-state index contributed by atoms with van der Waals surface area (Å²) in [6.45, 7) is 3.12. The van der Waals surface area contributed by atoms with Gasteiger partial charge in [-0.3, -0.25) is 0 Å². The maximum Gasteiger partial charge on any atom is 0.136 e. The van der Waals surface area contributed by atoms with Gasteiger partial charge in [-0.25, -0.2) is 4.39 Å². The predicted molar refractivity (Wildman–Crippen MR) is 59.3 cm³/mol. The number of hydrogen-bond acceptors (Lipinski definition) is 1. The van der Waals surface area contributed by atoms with Crippen molar-refractivity contribution >= 4 is 11.6 Å². The highest BCUT2D eigenvalue weighted by Crippen LogP contribution is 2.49. The summed E-state index contributed by atoms with van der Waals surface area (Å²) in [7, 11) is 0. The minimum atomic E-state index is -1.02. The lowest BCUT2D eigenvalue weighted by atomic mass is 10.1. The summed E-state index contributed by atoms with van der Waals surface area (Å²) >= 11 is 5.66. The van der Waals surface area contributed by atoms with Crippen molar-refractivity contribution in [2.75, 3.05) is 0 Å². The zero-order valence-electron chi connectivity index (χ0n) is 8.21. The van der Waals surface area contributed by atoms with E-state index in [9.17, 15) is 4.39 Å². The molecule has 78 valence electrons. The van der Waals surface area contributed by atoms with Crippen LogP contribution in [0, 0.1) is 11.3 Å². The highest BCUT2D eigenvalue weighted by Gasteiger charge is 2.44. The van der Waals surface area contributed by atoms with Crippen LogP contribution < -0.4 is 0 Å². The van der Waals surface area contributed by atoms with Crippen molar-refractivity contribution in [2.24, 2.45) is 0 Å². The van der Waals surface area contributed by atoms with Gasteiger partial charge in [-0.05, 0) is 30.5 Å². The van der Waals surface area contributed by atoms with E-state index in [-0.39, 0.29) is 0 Å². The minimum Gasteiger partial charge on any atom is -0.239 e. The van der Waals surface area contributed by atoms with Crippen LogP contribution in [-0.4, -0.2) is 0 Å². The Bertz CT molecular complexity index is 374. The zero-order chi connectivity index (χ0) is 11.3. The van der Waals surface area contributed by atoms with E-state index in [0.717, 1.165) is 5.56 Å². The minimum absolute atomic E-state index is 0.661. The Morgan fingerprint density at radius 1 is 1.40 bits per heavy atom. The van der Waals surface area contributed by atoms with Crippen LogP contribution in [-0.2, 0) is 5.67 Å². The second-order valence-corrected chi connectivity index (χ2v) is 3.74. The molecule has 0 atom stereocenters. The largest absolute Gasteiger partial charge is 0.239 e. The molecule has 2 rings (SSSR count). The van der Waals surface area contributed by atoms with Crippen LogP contribution in [0.15, 0.2) is 36.9 Å². The number of allylic oxidation sites excluding steroid dienone is 1. The van der Waals surface area contributed by atoms with E-state index in [0.29, 0.717) is 17.9 Å². The van der Waals surface area contributed by atoms with Gasteiger partial charge >= 0.3 is 0 Å². The summed E-state index contributed by atoms with van der Waals surface area (Å²) < 4.78 is 13.3. The van der Waals surface area contributed by atoms with Crippen molar-refractivity contribution in [1.82, 2.24) is 0 Å². The molecule has 1 aliphatic carbocycles. The van der Waals surface area contributed by atoms with Gasteiger partial charge < -0.3 is 0 Å². The molecule has 1 aromatic rings. The number of halogens is 2. The van der Waals surface area contributed by atoms with Crippen molar-refractivity contribution in [2.45, 2.75) is 18.5 Å². The Morgan fingerprint density at radius 2 is 1.87 bits per heavy atom. The first kappa shape index (κ1) is 11.7. The third kappa shape index (κ3) is 3.38. The van der Waals surface area contributed by atoms with Gasteiger partial charge in [0.1, 0.15) is 5.67 Å². The van der Waals surface area contributed by atoms with Crippen LogP contribution in [0.25, 0.3) is 0 Å². The molecule has 1 fully saturated rings. The van der Waals surface area contributed by atoms with Crippen LogP contribution in [0.1, 0.15) is 18.4 Å². The molecule has 0 spiro atoms. The Labute approximate surface area is 93.8 Å². The first-order chi connectivity index (χ1) is 7.12. The van der Waals surface area contributed by atoms with E-state index < -0.39 is 5.67 Å². The van der Waals surface area contributed by atoms with Gasteiger partial charge in [0.05, 0.1) is 6.07 Å². The molecular weight excluding hydrogens is 213 g/mol. The van der Waals surface area contributed by atoms with Crippen LogP contribution in [0.4, 0.5) is 4.39 Å². The summed E-state index contributed by atoms with van der Waals surface area (Å²) in [5, 5.41) is 8.17. The second kappa shape index (κ2) is 4.95. The van der Waals surface area contributed by atoms with Gasteiger partial charge in [0.25, 0.3) is 0 Å². The molecule has 0 amide bonds. The molecule has 0 radical (unpaired) electrons. The van der Waals surface area contributed by atoms with E-state index in [1.165, 1.54) is 6.08 Å². The van der Waals surface area contributed by atoms with Crippen LogP contribution in [0.2, 0.25) is 5.02 Å². The standard InChI is InChI=1S/C9H8ClF.C3H3N/c10-8-3-1-7(2-4-8)9(11)5-6-9;1-2-3-4/h1-4H,5-6H2;2H,1H2. The molecule has 0 bridgehead atoms. The first-order valence-electron chi connectivity index (χ1n) is 4.58. The lowest BCUT2D eigenvalue weighted by Gasteiger charge is -2.03. The average molecular weight is 224 g/mol. The van der Waals surface area contributed by atoms with Crippen molar-refractivity contribution in [1.29, 1.82) is 5.26 Å². The number of rotatable bonds is 1. The smallest absolute Gasteiger partial charge is 0.136 e. The molecule has 0 aromatic heterocycles. The van der Waals surface area contributed by atoms with E-state index in [1.54, 1.807) is 30.3 Å². The summed E-state index contributed by atoms with van der Waals surface area (Å²) in [6.07, 6.45) is 2.50. The number of nitrogens with zero attached hydrogens (tertiary/aromatic N) is 1. The van der Waals surface area contributed by atoms with Crippen LogP contribution in [0.5, 0.6) is 0 Å². The van der Waals surface area contributed by atoms with E-state index in [1.807, 2.05) is 0 Å². The molecule has 1 nitrogen and oxygen atoms in total. The van der Waals surface area contributed by atoms with Crippen LogP contribution in [0.3, 0.4) is 0 Å². The Kier molecular flexibility index (Phi) is 3.88. The normalized spacial score (nSPS) is 15.5. The highest BCUT2D eigenvalue weighted by molar-refractivity contribution is 6.30. The molecule has 0 heterocycles. The highest BCUT2D eigenvalue weighted by atomic mass is 35.5. The fourth-order valence-corrected chi connectivity index (χ4v) is 1.27. The van der Waals surface area contributed by atoms with E-state index >= 15 is 0 Å². The van der Waals surface area contributed by atoms with E-state index in [4.69, 9.17) is 16.9 Å². The molecule has 3 heteroatoms. The van der Waals surface area contributed by atoms with Gasteiger partial charge in [-0.2, -0.15) is 5.26 Å². The zero-order valence-corrected chi connectivity index (χ0v) is 8.97. The summed E-state index contributed by atoms with van der Waals surface area (Å²) in [5.41, 5.74) is -0.258. The van der Waals surface area contributed by atoms with Crippen molar-refractivity contribution < 1.29 is 4.39 Å². The molecule has 0 saturated heterocycles. The number of nitriles is 1. The second-order valence-electron chi connectivity index (χ2n) is 3.31. The van der Waals surface area contributed by atoms with Crippen molar-refractivity contribution in [3.63, 3.8) is 0 Å². The number of hydrogen-bond donors (Lipinski definition) is 0. The maximum atomic E-state index is 13.3. The van der Waals surface area contributed by atoms with Gasteiger partial charge in [0.15, 0.2) is 0 Å². The molecule has 1 aliphatic rings. The van der Waals surface area contributed by atoms with Gasteiger partial charge in [-0.1, -0.05) is 30.3 Å². The van der Waals surface area contributed by atoms with E-state index in [2.05, 4.69) is 6.58 Å². The quantitative estimate of drug-likeness (QED) is 0.661. The Balaban J connectivity index is 0.000000245. The van der Waals surface area contributed by atoms with Gasteiger partial charge in [0, 0.05) is 11.1 Å². The third-order valence-electron chi connectivity index (χ3n) is 2.14. The molecule has 0 N–H and O–H groups in total. The molecule has 0 unspecified atom stereocenters. The third-order valence-corrected chi connectivity index (χ3v) is 2.39. The topological polar surface area (TPSA) is 23.8 Å². The number of alkyl halides is 1. The average Bonchev–Trinajstić information content (AvgIpc) is 2.99. The van der Waals surface area contributed by atoms with Gasteiger partial charge in [-0.15, -0.1) is 0 Å². The lowest BCUT2D eigenvalue weighted by Crippen LogP contribution is -1.95. The fourth-order valence-electron chi connectivity index (χ4n) is 1.15. The predicted octanol–water partition coefficient (Wildman–Crippen LogP) is 3.99. The molecule has 0 aliphatic heterocycles. The fraction of sp³-hybridized carbons (Fsp3) is 0.250. The first-order valence-corrected chi connectivity index (χ1v) is 4.95. The number of benzene rings is 1. The van der Waals surface area contributed by atoms with Crippen LogP contribution >= 0.6 is 11.6 Å². The summed E-state index contributed by atoms with van der Waals surface area (Å²) in [4.78, 5) is 0. The Hall–Kier alpha value is -1.33. The summed E-state index contributed by atoms with van der Waals surface area (Å²) in [5.74, 6) is 0. The van der Waals surface area contributed by atoms with Crippen molar-refractivity contribution in [3.8, 4) is 6.07 Å². The molecule has 1 aromatic carbocycles. The maximum absolute atomic E-state index is 13.3. The lowest BCUT2D eigenvalue weighted by molar-refractivity contribution is 0.317. The molecule has 1 saturated carbocycles. The molecular formula is C12H11ClFN. The monoisotopic (exact) mass is 223 g/mol. The molecule has 15 heavy (non-hydrogen) atoms. The van der Waals surface area contributed by atoms with Gasteiger partial charge in [0.2, 0.25) is 0 Å². The Morgan fingerprint density at radius 3 is 2.20 bits per heavy atom.